The first kappa shape index (κ1) is 29.3. The van der Waals surface area contributed by atoms with Crippen molar-refractivity contribution in [3.63, 3.8) is 0 Å². The van der Waals surface area contributed by atoms with Gasteiger partial charge in [-0.1, -0.05) is 25.3 Å². The molecule has 210 valence electrons. The van der Waals surface area contributed by atoms with Crippen LogP contribution in [0, 0.1) is 12.8 Å². The summed E-state index contributed by atoms with van der Waals surface area (Å²) in [6, 6.07) is 2.12. The van der Waals surface area contributed by atoms with E-state index in [1.807, 2.05) is 19.1 Å². The van der Waals surface area contributed by atoms with Gasteiger partial charge in [0.15, 0.2) is 11.5 Å². The molecule has 2 aliphatic rings. The lowest BCUT2D eigenvalue weighted by Crippen LogP contribution is -2.57. The third-order valence-electron chi connectivity index (χ3n) is 7.86. The molecular weight excluding hydrogens is 488 g/mol. The maximum Gasteiger partial charge on any atom is 0.243 e. The maximum atomic E-state index is 14.3. The van der Waals surface area contributed by atoms with E-state index in [1.165, 1.54) is 0 Å². The predicted molar refractivity (Wildman–Crippen MR) is 143 cm³/mol. The van der Waals surface area contributed by atoms with E-state index in [4.69, 9.17) is 20.9 Å². The molecule has 0 radical (unpaired) electrons. The number of methoxy groups -OCH3 is 2. The van der Waals surface area contributed by atoms with Crippen molar-refractivity contribution in [3.05, 3.63) is 23.3 Å². The molecule has 4 amide bonds. The van der Waals surface area contributed by atoms with E-state index in [1.54, 1.807) is 19.1 Å². The minimum absolute atomic E-state index is 0.0205. The number of likely N-dealkylation sites (tertiary alicyclic amines) is 1. The highest BCUT2D eigenvalue weighted by Crippen LogP contribution is 2.42. The zero-order chi connectivity index (χ0) is 27.8. The summed E-state index contributed by atoms with van der Waals surface area (Å²) < 4.78 is 11.1. The third kappa shape index (κ3) is 6.96. The van der Waals surface area contributed by atoms with Crippen molar-refractivity contribution in [2.24, 2.45) is 17.4 Å². The van der Waals surface area contributed by atoms with Gasteiger partial charge in [-0.15, -0.1) is 0 Å². The Labute approximate surface area is 224 Å². The zero-order valence-corrected chi connectivity index (χ0v) is 22.8. The van der Waals surface area contributed by atoms with Gasteiger partial charge in [-0.05, 0) is 68.6 Å². The number of carbonyl (C=O) groups is 4. The van der Waals surface area contributed by atoms with Gasteiger partial charge in [-0.3, -0.25) is 19.2 Å². The van der Waals surface area contributed by atoms with E-state index in [9.17, 15) is 19.2 Å². The highest BCUT2D eigenvalue weighted by molar-refractivity contribution is 5.93. The van der Waals surface area contributed by atoms with E-state index in [0.29, 0.717) is 24.5 Å². The zero-order valence-electron chi connectivity index (χ0n) is 22.8. The van der Waals surface area contributed by atoms with Gasteiger partial charge < -0.3 is 31.2 Å². The van der Waals surface area contributed by atoms with Crippen LogP contribution in [-0.2, 0) is 19.2 Å². The molecule has 0 unspecified atom stereocenters. The SMILES string of the molecule is COc1cc([C@@H](C(=O)N2CCCC[C@H]2C(=O)N[C@H](CCC(N)=O)C(N)=O)C2CCCCC2)cc(C)c1OC. The van der Waals surface area contributed by atoms with Crippen LogP contribution in [0.5, 0.6) is 11.5 Å². The number of nitrogens with two attached hydrogens (primary N) is 2. The number of piperidine rings is 1. The van der Waals surface area contributed by atoms with Gasteiger partial charge in [0.1, 0.15) is 12.1 Å². The Kier molecular flexibility index (Phi) is 10.4. The van der Waals surface area contributed by atoms with E-state index in [2.05, 4.69) is 5.32 Å². The summed E-state index contributed by atoms with van der Waals surface area (Å²) in [6.07, 6.45) is 7.15. The number of rotatable bonds is 11. The lowest BCUT2D eigenvalue weighted by Gasteiger charge is -2.40. The van der Waals surface area contributed by atoms with Gasteiger partial charge >= 0.3 is 0 Å². The molecule has 0 aromatic heterocycles. The molecule has 38 heavy (non-hydrogen) atoms. The second-order valence-corrected chi connectivity index (χ2v) is 10.5. The molecule has 1 heterocycles. The molecule has 1 saturated carbocycles. The fourth-order valence-corrected chi connectivity index (χ4v) is 5.93. The van der Waals surface area contributed by atoms with Crippen molar-refractivity contribution in [3.8, 4) is 11.5 Å². The summed E-state index contributed by atoms with van der Waals surface area (Å²) in [5.41, 5.74) is 12.4. The summed E-state index contributed by atoms with van der Waals surface area (Å²) >= 11 is 0. The number of benzene rings is 1. The van der Waals surface area contributed by atoms with Gasteiger partial charge in [-0.25, -0.2) is 0 Å². The molecular formula is C28H42N4O6. The molecule has 10 nitrogen and oxygen atoms in total. The topological polar surface area (TPSA) is 154 Å². The Morgan fingerprint density at radius 1 is 1.00 bits per heavy atom. The molecule has 1 aliphatic heterocycles. The molecule has 1 aromatic carbocycles. The molecule has 1 aromatic rings. The standard InChI is InChI=1S/C28H42N4O6/c1-17-15-19(16-22(37-2)25(17)38-3)24(18-9-5-4-6-10-18)28(36)32-14-8-7-11-21(32)27(35)31-20(26(30)34)12-13-23(29)33/h15-16,18,20-21,24H,4-14H2,1-3H3,(H2,29,33)(H2,30,34)(H,31,35)/t20-,21+,24+/m1/s1. The molecule has 5 N–H and O–H groups in total. The van der Waals surface area contributed by atoms with E-state index >= 15 is 0 Å². The van der Waals surface area contributed by atoms with Crippen LogP contribution in [0.2, 0.25) is 0 Å². The normalized spacial score (nSPS) is 19.8. The van der Waals surface area contributed by atoms with Crippen molar-refractivity contribution in [2.45, 2.75) is 89.1 Å². The quantitative estimate of drug-likeness (QED) is 0.399. The fraction of sp³-hybridized carbons (Fsp3) is 0.643. The number of nitrogens with zero attached hydrogens (tertiary/aromatic N) is 1. The van der Waals surface area contributed by atoms with Crippen LogP contribution in [0.1, 0.15) is 81.3 Å². The number of primary amides is 2. The van der Waals surface area contributed by atoms with Crippen molar-refractivity contribution in [2.75, 3.05) is 20.8 Å². The van der Waals surface area contributed by atoms with Crippen LogP contribution in [0.4, 0.5) is 0 Å². The lowest BCUT2D eigenvalue weighted by atomic mass is 9.75. The summed E-state index contributed by atoms with van der Waals surface area (Å²) in [6.45, 7) is 2.38. The van der Waals surface area contributed by atoms with Crippen molar-refractivity contribution in [1.82, 2.24) is 10.2 Å². The predicted octanol–water partition coefficient (Wildman–Crippen LogP) is 2.29. The first-order valence-electron chi connectivity index (χ1n) is 13.6. The molecule has 1 aliphatic carbocycles. The Morgan fingerprint density at radius 3 is 2.29 bits per heavy atom. The minimum atomic E-state index is -1.03. The smallest absolute Gasteiger partial charge is 0.243 e. The maximum absolute atomic E-state index is 14.3. The summed E-state index contributed by atoms with van der Waals surface area (Å²) in [5.74, 6) is -0.919. The molecule has 10 heteroatoms. The Balaban J connectivity index is 1.92. The Hall–Kier alpha value is -3.30. The highest BCUT2D eigenvalue weighted by atomic mass is 16.5. The molecule has 0 bridgehead atoms. The molecule has 3 atom stereocenters. The van der Waals surface area contributed by atoms with Crippen molar-refractivity contribution in [1.29, 1.82) is 0 Å². The average molecular weight is 531 g/mol. The van der Waals surface area contributed by atoms with Crippen LogP contribution in [0.3, 0.4) is 0 Å². The number of hydrogen-bond acceptors (Lipinski definition) is 6. The molecule has 1 saturated heterocycles. The number of nitrogens with one attached hydrogen (secondary N) is 1. The largest absolute Gasteiger partial charge is 0.493 e. The van der Waals surface area contributed by atoms with Crippen LogP contribution in [0.15, 0.2) is 12.1 Å². The minimum Gasteiger partial charge on any atom is -0.493 e. The van der Waals surface area contributed by atoms with Crippen LogP contribution >= 0.6 is 0 Å². The van der Waals surface area contributed by atoms with Crippen LogP contribution < -0.4 is 26.3 Å². The summed E-state index contributed by atoms with van der Waals surface area (Å²) in [5, 5.41) is 2.68. The van der Waals surface area contributed by atoms with Crippen molar-refractivity contribution < 1.29 is 28.7 Å². The van der Waals surface area contributed by atoms with Crippen LogP contribution in [0.25, 0.3) is 0 Å². The molecule has 2 fully saturated rings. The second-order valence-electron chi connectivity index (χ2n) is 10.5. The first-order chi connectivity index (χ1) is 18.2. The average Bonchev–Trinajstić information content (AvgIpc) is 2.90. The summed E-state index contributed by atoms with van der Waals surface area (Å²) in [4.78, 5) is 52.5. The summed E-state index contributed by atoms with van der Waals surface area (Å²) in [7, 11) is 3.17. The first-order valence-corrected chi connectivity index (χ1v) is 13.6. The molecule has 0 spiro atoms. The van der Waals surface area contributed by atoms with E-state index in [-0.39, 0.29) is 24.7 Å². The van der Waals surface area contributed by atoms with E-state index in [0.717, 1.165) is 56.1 Å². The van der Waals surface area contributed by atoms with Gasteiger partial charge in [0.2, 0.25) is 23.6 Å². The Morgan fingerprint density at radius 2 is 1.68 bits per heavy atom. The monoisotopic (exact) mass is 530 g/mol. The lowest BCUT2D eigenvalue weighted by molar-refractivity contribution is -0.145. The number of amides is 4. The van der Waals surface area contributed by atoms with E-state index < -0.39 is 35.7 Å². The number of carbonyl (C=O) groups excluding carboxylic acids is 4. The van der Waals surface area contributed by atoms with Gasteiger partial charge in [-0.2, -0.15) is 0 Å². The Bertz CT molecular complexity index is 1020. The number of aryl methyl sites for hydroxylation is 1. The second kappa shape index (κ2) is 13.5. The number of hydrogen-bond donors (Lipinski definition) is 3. The third-order valence-corrected chi connectivity index (χ3v) is 7.86. The van der Waals surface area contributed by atoms with Gasteiger partial charge in [0.25, 0.3) is 0 Å². The fourth-order valence-electron chi connectivity index (χ4n) is 5.93. The van der Waals surface area contributed by atoms with Crippen molar-refractivity contribution >= 4 is 23.6 Å². The molecule has 3 rings (SSSR count). The van der Waals surface area contributed by atoms with Gasteiger partial charge in [0.05, 0.1) is 20.1 Å². The highest BCUT2D eigenvalue weighted by Gasteiger charge is 2.40. The van der Waals surface area contributed by atoms with Gasteiger partial charge in [0, 0.05) is 13.0 Å². The van der Waals surface area contributed by atoms with Crippen LogP contribution in [-0.4, -0.2) is 61.4 Å². The number of ether oxygens (including phenoxy) is 2.